The van der Waals surface area contributed by atoms with Gasteiger partial charge in [-0.3, -0.25) is 14.9 Å². The lowest BCUT2D eigenvalue weighted by atomic mass is 9.71. The molecule has 1 aromatic carbocycles. The van der Waals surface area contributed by atoms with Crippen LogP contribution in [0.15, 0.2) is 36.7 Å². The summed E-state index contributed by atoms with van der Waals surface area (Å²) in [6.07, 6.45) is 9.05. The van der Waals surface area contributed by atoms with E-state index >= 15 is 0 Å². The molecule has 2 aliphatic rings. The minimum absolute atomic E-state index is 0.752. The zero-order valence-corrected chi connectivity index (χ0v) is 15.8. The molecule has 0 atom stereocenters. The molecule has 138 valence electrons. The maximum absolute atomic E-state index is 4.40. The smallest absolute Gasteiger partial charge is 0.0724 e. The summed E-state index contributed by atoms with van der Waals surface area (Å²) in [5, 5.41) is 3.54. The SMILES string of the molecule is Cc1cnc(CNCC2CC(c3ccc(CN4CCCC4)cc3)C2)cn1. The van der Waals surface area contributed by atoms with Gasteiger partial charge in [0.05, 0.1) is 11.4 Å². The summed E-state index contributed by atoms with van der Waals surface area (Å²) in [7, 11) is 0. The molecule has 0 unspecified atom stereocenters. The second-order valence-corrected chi connectivity index (χ2v) is 8.04. The highest BCUT2D eigenvalue weighted by Crippen LogP contribution is 2.41. The van der Waals surface area contributed by atoms with E-state index in [0.717, 1.165) is 42.9 Å². The van der Waals surface area contributed by atoms with Crippen LogP contribution in [0.2, 0.25) is 0 Å². The summed E-state index contributed by atoms with van der Waals surface area (Å²) < 4.78 is 0. The van der Waals surface area contributed by atoms with Crippen LogP contribution in [0, 0.1) is 12.8 Å². The lowest BCUT2D eigenvalue weighted by molar-refractivity contribution is 0.253. The van der Waals surface area contributed by atoms with Crippen molar-refractivity contribution >= 4 is 0 Å². The monoisotopic (exact) mass is 350 g/mol. The van der Waals surface area contributed by atoms with Crippen molar-refractivity contribution in [1.29, 1.82) is 0 Å². The predicted molar refractivity (Wildman–Crippen MR) is 105 cm³/mol. The molecule has 0 radical (unpaired) electrons. The molecule has 1 aliphatic carbocycles. The Morgan fingerprint density at radius 1 is 1.04 bits per heavy atom. The van der Waals surface area contributed by atoms with E-state index in [1.54, 1.807) is 0 Å². The maximum atomic E-state index is 4.40. The number of nitrogens with one attached hydrogen (secondary N) is 1. The van der Waals surface area contributed by atoms with E-state index in [1.165, 1.54) is 49.9 Å². The first-order valence-corrected chi connectivity index (χ1v) is 10.1. The van der Waals surface area contributed by atoms with Gasteiger partial charge in [-0.2, -0.15) is 0 Å². The van der Waals surface area contributed by atoms with Crippen LogP contribution in [0.1, 0.15) is 54.1 Å². The summed E-state index contributed by atoms with van der Waals surface area (Å²) in [5.74, 6) is 1.55. The van der Waals surface area contributed by atoms with E-state index in [0.29, 0.717) is 0 Å². The summed E-state index contributed by atoms with van der Waals surface area (Å²) in [6, 6.07) is 9.41. The summed E-state index contributed by atoms with van der Waals surface area (Å²) in [4.78, 5) is 11.3. The molecule has 2 aromatic rings. The molecule has 1 saturated carbocycles. The van der Waals surface area contributed by atoms with Crippen molar-refractivity contribution in [3.8, 4) is 0 Å². The number of benzene rings is 1. The third-order valence-corrected chi connectivity index (χ3v) is 5.87. The molecule has 26 heavy (non-hydrogen) atoms. The Hall–Kier alpha value is -1.78. The van der Waals surface area contributed by atoms with Crippen molar-refractivity contribution in [3.63, 3.8) is 0 Å². The minimum atomic E-state index is 0.752. The van der Waals surface area contributed by atoms with E-state index in [-0.39, 0.29) is 0 Å². The lowest BCUT2D eigenvalue weighted by Gasteiger charge is -2.36. The molecule has 0 amide bonds. The molecule has 1 aliphatic heterocycles. The van der Waals surface area contributed by atoms with E-state index < -0.39 is 0 Å². The third kappa shape index (κ3) is 4.49. The Kier molecular flexibility index (Phi) is 5.61. The number of nitrogens with zero attached hydrogens (tertiary/aromatic N) is 3. The molecular formula is C22H30N4. The van der Waals surface area contributed by atoms with Crippen LogP contribution in [0.4, 0.5) is 0 Å². The van der Waals surface area contributed by atoms with Gasteiger partial charge < -0.3 is 5.32 Å². The first-order valence-electron chi connectivity index (χ1n) is 10.1. The van der Waals surface area contributed by atoms with Crippen LogP contribution in [-0.4, -0.2) is 34.5 Å². The lowest BCUT2D eigenvalue weighted by Crippen LogP contribution is -2.32. The number of aryl methyl sites for hydroxylation is 1. The standard InChI is InChI=1S/C22H30N4/c1-17-12-25-22(15-24-17)14-23-13-19-10-21(11-19)20-6-4-18(5-7-20)16-26-8-2-3-9-26/h4-7,12,15,19,21,23H,2-3,8-11,13-14,16H2,1H3. The van der Waals surface area contributed by atoms with Crippen LogP contribution in [0.25, 0.3) is 0 Å². The molecule has 1 saturated heterocycles. The number of likely N-dealkylation sites (tertiary alicyclic amines) is 1. The normalized spacial score (nSPS) is 23.1. The Balaban J connectivity index is 1.17. The number of hydrogen-bond acceptors (Lipinski definition) is 4. The second kappa shape index (κ2) is 8.28. The van der Waals surface area contributed by atoms with Crippen LogP contribution in [0.5, 0.6) is 0 Å². The van der Waals surface area contributed by atoms with Crippen LogP contribution < -0.4 is 5.32 Å². The van der Waals surface area contributed by atoms with Gasteiger partial charge in [-0.15, -0.1) is 0 Å². The van der Waals surface area contributed by atoms with Gasteiger partial charge >= 0.3 is 0 Å². The molecule has 2 heterocycles. The average Bonchev–Trinajstić information content (AvgIpc) is 3.13. The highest BCUT2D eigenvalue weighted by atomic mass is 15.1. The molecule has 4 rings (SSSR count). The third-order valence-electron chi connectivity index (χ3n) is 5.87. The zero-order valence-electron chi connectivity index (χ0n) is 15.8. The summed E-state index contributed by atoms with van der Waals surface area (Å²) >= 11 is 0. The Morgan fingerprint density at radius 3 is 2.50 bits per heavy atom. The predicted octanol–water partition coefficient (Wildman–Crippen LogP) is 3.66. The van der Waals surface area contributed by atoms with Crippen molar-refractivity contribution in [1.82, 2.24) is 20.2 Å². The molecule has 1 N–H and O–H groups in total. The quantitative estimate of drug-likeness (QED) is 0.827. The highest BCUT2D eigenvalue weighted by molar-refractivity contribution is 5.27. The van der Waals surface area contributed by atoms with Gasteiger partial charge in [0.2, 0.25) is 0 Å². The summed E-state index contributed by atoms with van der Waals surface area (Å²) in [6.45, 7) is 7.54. The van der Waals surface area contributed by atoms with Gasteiger partial charge in [0.25, 0.3) is 0 Å². The zero-order chi connectivity index (χ0) is 17.8. The highest BCUT2D eigenvalue weighted by Gasteiger charge is 2.29. The molecular weight excluding hydrogens is 320 g/mol. The molecule has 1 aromatic heterocycles. The van der Waals surface area contributed by atoms with Gasteiger partial charge in [0.1, 0.15) is 0 Å². The topological polar surface area (TPSA) is 41.1 Å². The van der Waals surface area contributed by atoms with Crippen LogP contribution >= 0.6 is 0 Å². The van der Waals surface area contributed by atoms with Crippen molar-refractivity contribution in [2.45, 2.75) is 51.6 Å². The van der Waals surface area contributed by atoms with Crippen LogP contribution in [-0.2, 0) is 13.1 Å². The average molecular weight is 351 g/mol. The van der Waals surface area contributed by atoms with E-state index in [2.05, 4.69) is 44.5 Å². The first kappa shape index (κ1) is 17.6. The van der Waals surface area contributed by atoms with Gasteiger partial charge in [-0.1, -0.05) is 24.3 Å². The number of aromatic nitrogens is 2. The fraction of sp³-hybridized carbons (Fsp3) is 0.545. The Bertz CT molecular complexity index is 683. The summed E-state index contributed by atoms with van der Waals surface area (Å²) in [5.41, 5.74) is 4.99. The first-order chi connectivity index (χ1) is 12.8. The van der Waals surface area contributed by atoms with Crippen molar-refractivity contribution in [2.75, 3.05) is 19.6 Å². The van der Waals surface area contributed by atoms with Crippen LogP contribution in [0.3, 0.4) is 0 Å². The van der Waals surface area contributed by atoms with Crippen molar-refractivity contribution < 1.29 is 0 Å². The van der Waals surface area contributed by atoms with Gasteiger partial charge in [-0.25, -0.2) is 0 Å². The second-order valence-electron chi connectivity index (χ2n) is 8.04. The Labute approximate surface area is 157 Å². The number of rotatable bonds is 7. The Morgan fingerprint density at radius 2 is 1.81 bits per heavy atom. The molecule has 0 spiro atoms. The fourth-order valence-electron chi connectivity index (χ4n) is 4.18. The fourth-order valence-corrected chi connectivity index (χ4v) is 4.18. The molecule has 4 heteroatoms. The number of hydrogen-bond donors (Lipinski definition) is 1. The largest absolute Gasteiger partial charge is 0.311 e. The molecule has 2 fully saturated rings. The van der Waals surface area contributed by atoms with Gasteiger partial charge in [-0.05, 0) is 75.2 Å². The molecule has 0 bridgehead atoms. The van der Waals surface area contributed by atoms with E-state index in [4.69, 9.17) is 0 Å². The van der Waals surface area contributed by atoms with Gasteiger partial charge in [0, 0.05) is 25.5 Å². The maximum Gasteiger partial charge on any atom is 0.0724 e. The van der Waals surface area contributed by atoms with Crippen molar-refractivity contribution in [2.24, 2.45) is 5.92 Å². The van der Waals surface area contributed by atoms with Gasteiger partial charge in [0.15, 0.2) is 0 Å². The molecule has 4 nitrogen and oxygen atoms in total. The van der Waals surface area contributed by atoms with Crippen molar-refractivity contribution in [3.05, 3.63) is 59.2 Å². The minimum Gasteiger partial charge on any atom is -0.311 e. The van der Waals surface area contributed by atoms with E-state index in [1.807, 2.05) is 19.3 Å². The van der Waals surface area contributed by atoms with E-state index in [9.17, 15) is 0 Å².